The van der Waals surface area contributed by atoms with Crippen LogP contribution in [0.25, 0.3) is 0 Å². The van der Waals surface area contributed by atoms with Gasteiger partial charge in [-0.3, -0.25) is 4.79 Å². The highest BCUT2D eigenvalue weighted by Crippen LogP contribution is 2.42. The smallest absolute Gasteiger partial charge is 0.308 e. The van der Waals surface area contributed by atoms with Gasteiger partial charge in [0.1, 0.15) is 0 Å². The molecule has 2 bridgehead atoms. The number of allylic oxidation sites excluding steroid dienone is 1. The minimum absolute atomic E-state index is 0. The number of aliphatic carboxylic acids is 1. The van der Waals surface area contributed by atoms with Crippen LogP contribution in [-0.2, 0) is 4.79 Å². The Kier molecular flexibility index (Phi) is 2.44. The maximum absolute atomic E-state index is 10.7. The zero-order chi connectivity index (χ0) is 8.01. The van der Waals surface area contributed by atoms with Gasteiger partial charge in [-0.1, -0.05) is 12.2 Å². The van der Waals surface area contributed by atoms with Crippen LogP contribution in [0.15, 0.2) is 12.2 Å². The van der Waals surface area contributed by atoms with Gasteiger partial charge in [-0.2, -0.15) is 0 Å². The van der Waals surface area contributed by atoms with Crippen LogP contribution in [0.4, 0.5) is 0 Å². The number of carboxylic acid groups (broad SMARTS) is 1. The molecule has 1 saturated carbocycles. The molecule has 4 heteroatoms. The molecular formula is C8H12ClNO2. The number of carboxylic acids is 1. The van der Waals surface area contributed by atoms with Gasteiger partial charge in [0.15, 0.2) is 0 Å². The summed E-state index contributed by atoms with van der Waals surface area (Å²) >= 11 is 0. The Morgan fingerprint density at radius 2 is 2.00 bits per heavy atom. The van der Waals surface area contributed by atoms with Crippen molar-refractivity contribution in [3.63, 3.8) is 0 Å². The second-order valence-electron chi connectivity index (χ2n) is 3.39. The lowest BCUT2D eigenvalue weighted by atomic mass is 9.90. The van der Waals surface area contributed by atoms with Crippen molar-refractivity contribution in [3.8, 4) is 0 Å². The summed E-state index contributed by atoms with van der Waals surface area (Å²) in [7, 11) is 0. The fourth-order valence-corrected chi connectivity index (χ4v) is 2.21. The van der Waals surface area contributed by atoms with E-state index in [2.05, 4.69) is 6.08 Å². The van der Waals surface area contributed by atoms with Crippen molar-refractivity contribution in [3.05, 3.63) is 12.2 Å². The number of fused-ring (bicyclic) bond motifs is 2. The van der Waals surface area contributed by atoms with E-state index in [1.807, 2.05) is 6.08 Å². The quantitative estimate of drug-likeness (QED) is 0.596. The van der Waals surface area contributed by atoms with Crippen molar-refractivity contribution >= 4 is 18.4 Å². The summed E-state index contributed by atoms with van der Waals surface area (Å²) in [5.74, 6) is -0.548. The van der Waals surface area contributed by atoms with E-state index in [1.165, 1.54) is 0 Å². The van der Waals surface area contributed by atoms with Gasteiger partial charge in [0.25, 0.3) is 0 Å². The number of halogens is 1. The SMILES string of the molecule is Cl.N[C@H]1[C@@H](C(=O)O)[C@H]2C=C[C@@H]1C2. The Labute approximate surface area is 77.0 Å². The highest BCUT2D eigenvalue weighted by molar-refractivity contribution is 5.85. The Bertz CT molecular complexity index is 229. The summed E-state index contributed by atoms with van der Waals surface area (Å²) in [5, 5.41) is 8.79. The van der Waals surface area contributed by atoms with Crippen molar-refractivity contribution in [1.82, 2.24) is 0 Å². The molecular weight excluding hydrogens is 178 g/mol. The topological polar surface area (TPSA) is 63.3 Å². The van der Waals surface area contributed by atoms with Gasteiger partial charge in [0.05, 0.1) is 5.92 Å². The largest absolute Gasteiger partial charge is 0.481 e. The molecule has 0 aliphatic heterocycles. The van der Waals surface area contributed by atoms with E-state index in [0.29, 0.717) is 5.92 Å². The lowest BCUT2D eigenvalue weighted by Gasteiger charge is -2.19. The third kappa shape index (κ3) is 1.13. The number of nitrogens with two attached hydrogens (primary N) is 1. The average molecular weight is 190 g/mol. The lowest BCUT2D eigenvalue weighted by molar-refractivity contribution is -0.143. The molecule has 1 fully saturated rings. The zero-order valence-electron chi connectivity index (χ0n) is 6.51. The predicted molar refractivity (Wildman–Crippen MR) is 47.1 cm³/mol. The van der Waals surface area contributed by atoms with E-state index < -0.39 is 5.97 Å². The fourth-order valence-electron chi connectivity index (χ4n) is 2.21. The van der Waals surface area contributed by atoms with Gasteiger partial charge < -0.3 is 10.8 Å². The van der Waals surface area contributed by atoms with Crippen LogP contribution in [0.3, 0.4) is 0 Å². The first-order chi connectivity index (χ1) is 5.20. The minimum atomic E-state index is -0.741. The standard InChI is InChI=1S/C8H11NO2.ClH/c9-7-5-2-1-4(3-5)6(7)8(10)11;/h1-2,4-7H,3,9H2,(H,10,11);1H/t4-,5+,6-,7+;/m0./s1. The van der Waals surface area contributed by atoms with E-state index in [1.54, 1.807) is 0 Å². The van der Waals surface area contributed by atoms with Gasteiger partial charge >= 0.3 is 5.97 Å². The van der Waals surface area contributed by atoms with E-state index >= 15 is 0 Å². The molecule has 0 heterocycles. The molecule has 12 heavy (non-hydrogen) atoms. The highest BCUT2D eigenvalue weighted by Gasteiger charge is 2.46. The van der Waals surface area contributed by atoms with Crippen LogP contribution in [0.5, 0.6) is 0 Å². The Morgan fingerprint density at radius 1 is 1.42 bits per heavy atom. The van der Waals surface area contributed by atoms with Gasteiger partial charge in [0.2, 0.25) is 0 Å². The molecule has 0 saturated heterocycles. The summed E-state index contributed by atoms with van der Waals surface area (Å²) in [6.07, 6.45) is 4.99. The molecule has 3 nitrogen and oxygen atoms in total. The second kappa shape index (κ2) is 3.07. The number of carbonyl (C=O) groups is 1. The maximum atomic E-state index is 10.7. The predicted octanol–water partition coefficient (Wildman–Crippen LogP) is 0.642. The zero-order valence-corrected chi connectivity index (χ0v) is 7.33. The molecule has 3 N–H and O–H groups in total. The molecule has 0 radical (unpaired) electrons. The Balaban J connectivity index is 0.000000720. The molecule has 4 atom stereocenters. The first kappa shape index (κ1) is 9.55. The lowest BCUT2D eigenvalue weighted by Crippen LogP contribution is -2.38. The van der Waals surface area contributed by atoms with Gasteiger partial charge in [-0.25, -0.2) is 0 Å². The van der Waals surface area contributed by atoms with Crippen molar-refractivity contribution in [1.29, 1.82) is 0 Å². The normalized spacial score (nSPS) is 42.8. The van der Waals surface area contributed by atoms with Crippen molar-refractivity contribution in [2.45, 2.75) is 12.5 Å². The third-order valence-corrected chi connectivity index (χ3v) is 2.81. The van der Waals surface area contributed by atoms with Crippen LogP contribution in [0, 0.1) is 17.8 Å². The molecule has 0 aromatic carbocycles. The molecule has 0 spiro atoms. The van der Waals surface area contributed by atoms with Crippen LogP contribution >= 0.6 is 12.4 Å². The molecule has 0 aromatic rings. The first-order valence-electron chi connectivity index (χ1n) is 3.87. The van der Waals surface area contributed by atoms with Gasteiger partial charge in [-0.05, 0) is 18.3 Å². The van der Waals surface area contributed by atoms with Crippen LogP contribution in [0.1, 0.15) is 6.42 Å². The van der Waals surface area contributed by atoms with Crippen molar-refractivity contribution in [2.75, 3.05) is 0 Å². The number of hydrogen-bond acceptors (Lipinski definition) is 2. The average Bonchev–Trinajstić information content (AvgIpc) is 2.44. The summed E-state index contributed by atoms with van der Waals surface area (Å²) < 4.78 is 0. The molecule has 2 aliphatic carbocycles. The van der Waals surface area contributed by atoms with Crippen LogP contribution in [0.2, 0.25) is 0 Å². The van der Waals surface area contributed by atoms with E-state index in [9.17, 15) is 4.79 Å². The van der Waals surface area contributed by atoms with Gasteiger partial charge in [0, 0.05) is 6.04 Å². The van der Waals surface area contributed by atoms with Crippen molar-refractivity contribution in [2.24, 2.45) is 23.5 Å². The monoisotopic (exact) mass is 189 g/mol. The summed E-state index contributed by atoms with van der Waals surface area (Å²) in [4.78, 5) is 10.7. The third-order valence-electron chi connectivity index (χ3n) is 2.81. The first-order valence-corrected chi connectivity index (χ1v) is 3.87. The molecule has 0 unspecified atom stereocenters. The summed E-state index contributed by atoms with van der Waals surface area (Å²) in [5.41, 5.74) is 5.73. The molecule has 0 amide bonds. The van der Waals surface area contributed by atoms with E-state index in [4.69, 9.17) is 10.8 Å². The molecule has 2 aliphatic rings. The van der Waals surface area contributed by atoms with Crippen LogP contribution < -0.4 is 5.73 Å². The Morgan fingerprint density at radius 3 is 2.33 bits per heavy atom. The number of rotatable bonds is 1. The second-order valence-corrected chi connectivity index (χ2v) is 3.39. The molecule has 68 valence electrons. The minimum Gasteiger partial charge on any atom is -0.481 e. The summed E-state index contributed by atoms with van der Waals surface area (Å²) in [6, 6.07) is -0.150. The van der Waals surface area contributed by atoms with Gasteiger partial charge in [-0.15, -0.1) is 12.4 Å². The molecule has 0 aromatic heterocycles. The molecule has 2 rings (SSSR count). The number of hydrogen-bond donors (Lipinski definition) is 2. The van der Waals surface area contributed by atoms with Crippen molar-refractivity contribution < 1.29 is 9.90 Å². The summed E-state index contributed by atoms with van der Waals surface area (Å²) in [6.45, 7) is 0. The maximum Gasteiger partial charge on any atom is 0.308 e. The van der Waals surface area contributed by atoms with E-state index in [0.717, 1.165) is 6.42 Å². The van der Waals surface area contributed by atoms with Crippen LogP contribution in [-0.4, -0.2) is 17.1 Å². The van der Waals surface area contributed by atoms with E-state index in [-0.39, 0.29) is 30.3 Å². The fraction of sp³-hybridized carbons (Fsp3) is 0.625. The Hall–Kier alpha value is -0.540. The highest BCUT2D eigenvalue weighted by atomic mass is 35.5.